The Balaban J connectivity index is 2.56. The first-order valence-corrected chi connectivity index (χ1v) is 9.26. The highest BCUT2D eigenvalue weighted by Gasteiger charge is 2.42. The molecule has 1 unspecified atom stereocenters. The van der Waals surface area contributed by atoms with Crippen molar-refractivity contribution in [3.63, 3.8) is 0 Å². The highest BCUT2D eigenvalue weighted by Crippen LogP contribution is 2.29. The van der Waals surface area contributed by atoms with Crippen molar-refractivity contribution >= 4 is 8.80 Å². The Labute approximate surface area is 113 Å². The summed E-state index contributed by atoms with van der Waals surface area (Å²) < 4.78 is 17.7. The van der Waals surface area contributed by atoms with Gasteiger partial charge in [0.05, 0.1) is 6.17 Å². The molecule has 0 aliphatic heterocycles. The maximum atomic E-state index is 6.18. The zero-order valence-corrected chi connectivity index (χ0v) is 13.1. The van der Waals surface area contributed by atoms with Crippen LogP contribution in [0, 0.1) is 5.92 Å². The predicted octanol–water partition coefficient (Wildman–Crippen LogP) is 2.48. The molecule has 0 aromatic rings. The van der Waals surface area contributed by atoms with E-state index in [9.17, 15) is 0 Å². The first-order valence-electron chi connectivity index (χ1n) is 7.33. The lowest BCUT2D eigenvalue weighted by Gasteiger charge is -2.35. The topological polar surface area (TPSA) is 53.7 Å². The van der Waals surface area contributed by atoms with E-state index in [1.54, 1.807) is 0 Å². The zero-order chi connectivity index (χ0) is 13.4. The second kappa shape index (κ2) is 8.27. The molecule has 5 heteroatoms. The zero-order valence-electron chi connectivity index (χ0n) is 12.1. The third kappa shape index (κ3) is 4.62. The molecule has 0 aromatic carbocycles. The Hall–Kier alpha value is 0.0569. The van der Waals surface area contributed by atoms with Crippen LogP contribution in [0.25, 0.3) is 0 Å². The lowest BCUT2D eigenvalue weighted by Crippen LogP contribution is -2.55. The van der Waals surface area contributed by atoms with E-state index in [2.05, 4.69) is 6.92 Å². The summed E-state index contributed by atoms with van der Waals surface area (Å²) in [4.78, 5) is 0. The van der Waals surface area contributed by atoms with E-state index in [4.69, 9.17) is 19.0 Å². The van der Waals surface area contributed by atoms with E-state index in [0.717, 1.165) is 0 Å². The summed E-state index contributed by atoms with van der Waals surface area (Å²) in [5.74, 6) is 0.637. The van der Waals surface area contributed by atoms with Crippen LogP contribution in [0.4, 0.5) is 0 Å². The molecular formula is C13H29NO3Si. The normalized spacial score (nSPS) is 20.0. The maximum Gasteiger partial charge on any atom is 0.515 e. The minimum absolute atomic E-state index is 0.193. The summed E-state index contributed by atoms with van der Waals surface area (Å²) in [6.07, 6.45) is 7.07. The fourth-order valence-corrected chi connectivity index (χ4v) is 4.89. The fraction of sp³-hybridized carbons (Fsp3) is 1.00. The van der Waals surface area contributed by atoms with Crippen molar-refractivity contribution in [3.05, 3.63) is 0 Å². The maximum absolute atomic E-state index is 6.18. The third-order valence-corrected chi connectivity index (χ3v) is 6.35. The van der Waals surface area contributed by atoms with Crippen molar-refractivity contribution in [3.8, 4) is 0 Å². The van der Waals surface area contributed by atoms with Gasteiger partial charge >= 0.3 is 8.80 Å². The number of hydrogen-bond donors (Lipinski definition) is 1. The molecule has 1 aliphatic carbocycles. The molecule has 0 amide bonds. The standard InChI is InChI=1S/C13H29NO3Si/c1-4-15-18(11-14,16-5-2)17-12(3)13-9-7-6-8-10-13/h12-13H,4-11,14H2,1-3H3. The van der Waals surface area contributed by atoms with Gasteiger partial charge in [0.15, 0.2) is 0 Å². The molecule has 0 saturated heterocycles. The van der Waals surface area contributed by atoms with Crippen LogP contribution in [0.5, 0.6) is 0 Å². The van der Waals surface area contributed by atoms with Crippen LogP contribution in [0.1, 0.15) is 52.9 Å². The molecule has 0 aromatic heterocycles. The predicted molar refractivity (Wildman–Crippen MR) is 75.2 cm³/mol. The first-order chi connectivity index (χ1) is 8.67. The van der Waals surface area contributed by atoms with Crippen molar-refractivity contribution in [2.75, 3.05) is 19.4 Å². The van der Waals surface area contributed by atoms with Crippen molar-refractivity contribution in [1.82, 2.24) is 0 Å². The molecule has 1 fully saturated rings. The van der Waals surface area contributed by atoms with Gasteiger partial charge in [-0.3, -0.25) is 0 Å². The van der Waals surface area contributed by atoms with Crippen LogP contribution in [-0.4, -0.2) is 34.3 Å². The van der Waals surface area contributed by atoms with Gasteiger partial charge in [-0.05, 0) is 39.5 Å². The highest BCUT2D eigenvalue weighted by atomic mass is 28.4. The van der Waals surface area contributed by atoms with E-state index >= 15 is 0 Å². The van der Waals surface area contributed by atoms with Gasteiger partial charge < -0.3 is 19.0 Å². The number of nitrogens with two attached hydrogens (primary N) is 1. The van der Waals surface area contributed by atoms with E-state index in [-0.39, 0.29) is 6.10 Å². The Bertz CT molecular complexity index is 216. The molecular weight excluding hydrogens is 246 g/mol. The molecule has 2 N–H and O–H groups in total. The second-order valence-corrected chi connectivity index (χ2v) is 7.56. The fourth-order valence-electron chi connectivity index (χ4n) is 2.70. The van der Waals surface area contributed by atoms with Crippen LogP contribution in [0.15, 0.2) is 0 Å². The van der Waals surface area contributed by atoms with E-state index in [0.29, 0.717) is 25.3 Å². The van der Waals surface area contributed by atoms with Gasteiger partial charge in [0.1, 0.15) is 0 Å². The largest absolute Gasteiger partial charge is 0.515 e. The molecule has 18 heavy (non-hydrogen) atoms. The van der Waals surface area contributed by atoms with Crippen molar-refractivity contribution in [1.29, 1.82) is 0 Å². The molecule has 0 radical (unpaired) electrons. The monoisotopic (exact) mass is 275 g/mol. The molecule has 1 aliphatic rings. The Kier molecular flexibility index (Phi) is 7.40. The number of hydrogen-bond acceptors (Lipinski definition) is 4. The van der Waals surface area contributed by atoms with E-state index in [1.807, 2.05) is 13.8 Å². The quantitative estimate of drug-likeness (QED) is 0.692. The van der Waals surface area contributed by atoms with Gasteiger partial charge in [0.2, 0.25) is 0 Å². The Morgan fingerprint density at radius 2 is 1.67 bits per heavy atom. The van der Waals surface area contributed by atoms with Gasteiger partial charge in [-0.1, -0.05) is 19.3 Å². The average molecular weight is 275 g/mol. The summed E-state index contributed by atoms with van der Waals surface area (Å²) in [6.45, 7) is 7.27. The molecule has 1 saturated carbocycles. The van der Waals surface area contributed by atoms with E-state index < -0.39 is 8.80 Å². The van der Waals surface area contributed by atoms with Gasteiger partial charge in [-0.2, -0.15) is 0 Å². The van der Waals surface area contributed by atoms with Crippen LogP contribution < -0.4 is 5.73 Å². The molecule has 1 rings (SSSR count). The number of rotatable bonds is 8. The summed E-state index contributed by atoms with van der Waals surface area (Å²) in [5.41, 5.74) is 5.84. The molecule has 108 valence electrons. The van der Waals surface area contributed by atoms with Gasteiger partial charge in [0, 0.05) is 19.3 Å². The summed E-state index contributed by atoms with van der Waals surface area (Å²) in [6, 6.07) is 0. The van der Waals surface area contributed by atoms with Gasteiger partial charge in [-0.25, -0.2) is 0 Å². The highest BCUT2D eigenvalue weighted by molar-refractivity contribution is 6.60. The van der Waals surface area contributed by atoms with Crippen molar-refractivity contribution in [2.24, 2.45) is 11.7 Å². The van der Waals surface area contributed by atoms with Crippen LogP contribution in [0.3, 0.4) is 0 Å². The molecule has 0 heterocycles. The lowest BCUT2D eigenvalue weighted by atomic mass is 9.86. The van der Waals surface area contributed by atoms with Crippen LogP contribution >= 0.6 is 0 Å². The van der Waals surface area contributed by atoms with Crippen LogP contribution in [0.2, 0.25) is 0 Å². The Morgan fingerprint density at radius 3 is 2.11 bits per heavy atom. The van der Waals surface area contributed by atoms with Gasteiger partial charge in [-0.15, -0.1) is 0 Å². The van der Waals surface area contributed by atoms with Crippen molar-refractivity contribution in [2.45, 2.75) is 59.0 Å². The van der Waals surface area contributed by atoms with Crippen molar-refractivity contribution < 1.29 is 13.3 Å². The SMILES string of the molecule is CCO[Si](CN)(OCC)OC(C)C1CCCCC1. The minimum atomic E-state index is -2.64. The molecule has 1 atom stereocenters. The van der Waals surface area contributed by atoms with Crippen LogP contribution in [-0.2, 0) is 13.3 Å². The molecule has 4 nitrogen and oxygen atoms in total. The molecule has 0 bridgehead atoms. The summed E-state index contributed by atoms with van der Waals surface area (Å²) in [5, 5.41) is 0. The van der Waals surface area contributed by atoms with Gasteiger partial charge in [0.25, 0.3) is 0 Å². The smallest absolute Gasteiger partial charge is 0.373 e. The lowest BCUT2D eigenvalue weighted by molar-refractivity contribution is 0.0104. The molecule has 0 spiro atoms. The third-order valence-electron chi connectivity index (χ3n) is 3.66. The minimum Gasteiger partial charge on any atom is -0.373 e. The summed E-state index contributed by atoms with van der Waals surface area (Å²) >= 11 is 0. The summed E-state index contributed by atoms with van der Waals surface area (Å²) in [7, 11) is -2.64. The Morgan fingerprint density at radius 1 is 1.11 bits per heavy atom. The van der Waals surface area contributed by atoms with E-state index in [1.165, 1.54) is 32.1 Å². The first kappa shape index (κ1) is 16.1. The second-order valence-electron chi connectivity index (χ2n) is 4.97. The average Bonchev–Trinajstić information content (AvgIpc) is 2.40.